The molecule has 1 heterocycles. The van der Waals surface area contributed by atoms with E-state index in [0.29, 0.717) is 72.8 Å². The van der Waals surface area contributed by atoms with Crippen LogP contribution >= 0.6 is 0 Å². The van der Waals surface area contributed by atoms with Gasteiger partial charge in [-0.1, -0.05) is 0 Å². The maximum Gasteiger partial charge on any atom is 0.343 e. The fourth-order valence-electron chi connectivity index (χ4n) is 7.06. The standard InChI is InChI=1S/C48H36O30/c49-20-1-14(2-21(50)33(20)60)42(66)72-13-32-39(75-46(70)19-11-30(59)38(65)31(12-19)73-43(67)15-3-22(51)34(61)23(52)4-15)40(76-44(68)16-5-24(53)35(62)25(54)6-16)41(77-45(69)17-7-26(55)36(63)27(56)8-17)48(74-32)78-47(71)18-9-28(57)37(64)29(58)10-18/h1-12,32,39-41,48-65H,13H2. The van der Waals surface area contributed by atoms with Crippen molar-refractivity contribution in [2.75, 3.05) is 6.61 Å². The average Bonchev–Trinajstić information content (AvgIpc) is 3.39. The summed E-state index contributed by atoms with van der Waals surface area (Å²) in [5, 5.41) is 172. The Morgan fingerprint density at radius 2 is 0.590 bits per heavy atom. The molecule has 5 unspecified atom stereocenters. The second kappa shape index (κ2) is 21.3. The first-order valence-electron chi connectivity index (χ1n) is 21.3. The van der Waals surface area contributed by atoms with Crippen LogP contribution in [0.15, 0.2) is 72.8 Å². The van der Waals surface area contributed by atoms with Crippen LogP contribution in [-0.4, -0.2) is 160 Å². The summed E-state index contributed by atoms with van der Waals surface area (Å²) in [6.07, 6.45) is -12.8. The number of carbonyl (C=O) groups excluding carboxylic acids is 6. The van der Waals surface area contributed by atoms with Crippen LogP contribution in [0.2, 0.25) is 0 Å². The van der Waals surface area contributed by atoms with Gasteiger partial charge in [-0.25, -0.2) is 28.8 Å². The van der Waals surface area contributed by atoms with Gasteiger partial charge in [-0.15, -0.1) is 0 Å². The van der Waals surface area contributed by atoms with E-state index >= 15 is 0 Å². The van der Waals surface area contributed by atoms with Crippen LogP contribution in [-0.2, 0) is 28.4 Å². The molecule has 6 aromatic carbocycles. The van der Waals surface area contributed by atoms with Gasteiger partial charge in [-0.3, -0.25) is 0 Å². The zero-order valence-corrected chi connectivity index (χ0v) is 38.4. The summed E-state index contributed by atoms with van der Waals surface area (Å²) in [4.78, 5) is 82.9. The SMILES string of the molecule is O=C(OCC1OC(OC(=O)c2cc(O)c(O)c(O)c2)C(OC(=O)c2cc(O)c(O)c(O)c2)C(OC(=O)c2cc(O)c(O)c(O)c2)C1OC(=O)c1cc(O)c(O)c(OC(=O)c2cc(O)c(O)c(O)c2)c1)c1cc(O)c(O)c(O)c1. The van der Waals surface area contributed by atoms with Gasteiger partial charge < -0.3 is 120 Å². The zero-order chi connectivity index (χ0) is 57.3. The molecule has 0 amide bonds. The number of carbonyl (C=O) groups is 6. The van der Waals surface area contributed by atoms with Crippen LogP contribution in [0.25, 0.3) is 0 Å². The highest BCUT2D eigenvalue weighted by atomic mass is 16.7. The van der Waals surface area contributed by atoms with Crippen molar-refractivity contribution in [1.82, 2.24) is 0 Å². The normalized spacial score (nSPS) is 16.7. The number of aromatic hydroxyl groups is 17. The van der Waals surface area contributed by atoms with Gasteiger partial charge in [0.25, 0.3) is 0 Å². The highest BCUT2D eigenvalue weighted by Crippen LogP contribution is 2.43. The monoisotopic (exact) mass is 1090 g/mol. The van der Waals surface area contributed by atoms with Gasteiger partial charge in [0, 0.05) is 0 Å². The molecular formula is C48H36O30. The zero-order valence-electron chi connectivity index (χ0n) is 38.4. The molecule has 0 saturated carbocycles. The molecule has 0 spiro atoms. The van der Waals surface area contributed by atoms with E-state index in [1.165, 1.54) is 0 Å². The van der Waals surface area contributed by atoms with Crippen molar-refractivity contribution >= 4 is 35.8 Å². The number of phenolic OH excluding ortho intramolecular Hbond substituents is 17. The lowest BCUT2D eigenvalue weighted by atomic mass is 9.97. The first kappa shape index (κ1) is 54.5. The van der Waals surface area contributed by atoms with Crippen LogP contribution < -0.4 is 4.74 Å². The summed E-state index contributed by atoms with van der Waals surface area (Å²) in [5.74, 6) is -30.3. The van der Waals surface area contributed by atoms with Gasteiger partial charge in [0.1, 0.15) is 12.7 Å². The van der Waals surface area contributed by atoms with Crippen molar-refractivity contribution in [1.29, 1.82) is 0 Å². The third kappa shape index (κ3) is 11.1. The lowest BCUT2D eigenvalue weighted by molar-refractivity contribution is -0.282. The molecule has 17 N–H and O–H groups in total. The van der Waals surface area contributed by atoms with Crippen LogP contribution in [0.4, 0.5) is 0 Å². The predicted octanol–water partition coefficient (Wildman–Crippen LogP) is 2.32. The molecule has 0 radical (unpaired) electrons. The molecule has 1 aliphatic heterocycles. The van der Waals surface area contributed by atoms with Gasteiger partial charge in [-0.2, -0.15) is 0 Å². The summed E-state index contributed by atoms with van der Waals surface area (Å²) in [7, 11) is 0. The van der Waals surface area contributed by atoms with Crippen LogP contribution in [0, 0.1) is 0 Å². The molecule has 7 rings (SSSR count). The fraction of sp³-hybridized carbons (Fsp3) is 0.125. The van der Waals surface area contributed by atoms with E-state index in [2.05, 4.69) is 0 Å². The molecule has 30 nitrogen and oxygen atoms in total. The summed E-state index contributed by atoms with van der Waals surface area (Å²) in [6.45, 7) is -1.35. The van der Waals surface area contributed by atoms with E-state index in [1.807, 2.05) is 0 Å². The van der Waals surface area contributed by atoms with Gasteiger partial charge >= 0.3 is 35.8 Å². The number of phenols is 17. The van der Waals surface area contributed by atoms with Crippen molar-refractivity contribution in [2.45, 2.75) is 30.7 Å². The van der Waals surface area contributed by atoms with Crippen LogP contribution in [0.5, 0.6) is 103 Å². The number of ether oxygens (including phenoxy) is 7. The summed E-state index contributed by atoms with van der Waals surface area (Å²) < 4.78 is 38.6. The Labute approximate surface area is 430 Å². The van der Waals surface area contributed by atoms with Crippen molar-refractivity contribution < 1.29 is 149 Å². The van der Waals surface area contributed by atoms with Gasteiger partial charge in [-0.05, 0) is 72.8 Å². The second-order valence-electron chi connectivity index (χ2n) is 16.2. The summed E-state index contributed by atoms with van der Waals surface area (Å²) in [6, 6.07) is 6.36. The number of esters is 6. The Morgan fingerprint density at radius 3 is 0.949 bits per heavy atom. The van der Waals surface area contributed by atoms with Gasteiger partial charge in [0.15, 0.2) is 110 Å². The number of hydrogen-bond acceptors (Lipinski definition) is 30. The maximum absolute atomic E-state index is 14.4. The topological polar surface area (TPSA) is 511 Å². The van der Waals surface area contributed by atoms with E-state index < -0.39 is 210 Å². The third-order valence-electron chi connectivity index (χ3n) is 10.9. The Hall–Kier alpha value is -11.3. The Balaban J connectivity index is 1.38. The van der Waals surface area contributed by atoms with Crippen molar-refractivity contribution in [3.63, 3.8) is 0 Å². The molecule has 78 heavy (non-hydrogen) atoms. The first-order chi connectivity index (χ1) is 36.6. The molecular weight excluding hydrogens is 1060 g/mol. The molecule has 0 aliphatic carbocycles. The van der Waals surface area contributed by atoms with Crippen molar-refractivity contribution in [3.05, 3.63) is 106 Å². The van der Waals surface area contributed by atoms with E-state index in [0.717, 1.165) is 0 Å². The maximum atomic E-state index is 14.4. The Morgan fingerprint density at radius 1 is 0.321 bits per heavy atom. The summed E-state index contributed by atoms with van der Waals surface area (Å²) >= 11 is 0. The Bertz CT molecular complexity index is 3340. The molecule has 6 aromatic rings. The lowest BCUT2D eigenvalue weighted by Crippen LogP contribution is -2.63. The van der Waals surface area contributed by atoms with E-state index in [-0.39, 0.29) is 0 Å². The van der Waals surface area contributed by atoms with E-state index in [4.69, 9.17) is 33.2 Å². The molecule has 1 aliphatic rings. The minimum Gasteiger partial charge on any atom is -0.504 e. The minimum atomic E-state index is -2.65. The molecule has 30 heteroatoms. The van der Waals surface area contributed by atoms with Crippen molar-refractivity contribution in [2.24, 2.45) is 0 Å². The highest BCUT2D eigenvalue weighted by molar-refractivity contribution is 5.96. The molecule has 408 valence electrons. The lowest BCUT2D eigenvalue weighted by Gasteiger charge is -2.43. The average molecular weight is 1090 g/mol. The minimum absolute atomic E-state index is 0.465. The predicted molar refractivity (Wildman–Crippen MR) is 244 cm³/mol. The number of rotatable bonds is 13. The quantitative estimate of drug-likeness (QED) is 0.0341. The highest BCUT2D eigenvalue weighted by Gasteiger charge is 2.55. The molecule has 0 aromatic heterocycles. The van der Waals surface area contributed by atoms with Gasteiger partial charge in [0.05, 0.1) is 33.4 Å². The Kier molecular flexibility index (Phi) is 14.9. The van der Waals surface area contributed by atoms with Crippen LogP contribution in [0.3, 0.4) is 0 Å². The fourth-order valence-corrected chi connectivity index (χ4v) is 7.06. The summed E-state index contributed by atoms with van der Waals surface area (Å²) in [5.41, 5.74) is -4.96. The number of benzene rings is 6. The van der Waals surface area contributed by atoms with E-state index in [9.17, 15) is 116 Å². The van der Waals surface area contributed by atoms with E-state index in [1.54, 1.807) is 0 Å². The third-order valence-corrected chi connectivity index (χ3v) is 10.9. The molecule has 5 atom stereocenters. The smallest absolute Gasteiger partial charge is 0.343 e. The molecule has 0 bridgehead atoms. The first-order valence-corrected chi connectivity index (χ1v) is 21.3. The van der Waals surface area contributed by atoms with Crippen molar-refractivity contribution in [3.8, 4) is 103 Å². The van der Waals surface area contributed by atoms with Gasteiger partial charge in [0.2, 0.25) is 18.1 Å². The second-order valence-corrected chi connectivity index (χ2v) is 16.2. The largest absolute Gasteiger partial charge is 0.504 e. The van der Waals surface area contributed by atoms with Crippen LogP contribution in [0.1, 0.15) is 62.1 Å². The molecule has 1 saturated heterocycles. The molecule has 1 fully saturated rings. The number of hydrogen-bond donors (Lipinski definition) is 17.